The summed E-state index contributed by atoms with van der Waals surface area (Å²) in [6, 6.07) is 5.24. The Labute approximate surface area is 104 Å². The number of halogens is 2. The summed E-state index contributed by atoms with van der Waals surface area (Å²) in [4.78, 5) is 22.3. The first-order chi connectivity index (χ1) is 7.00. The number of amides is 1. The molecule has 0 radical (unpaired) electrons. The van der Waals surface area contributed by atoms with E-state index in [9.17, 15) is 9.59 Å². The van der Waals surface area contributed by atoms with Crippen molar-refractivity contribution in [2.45, 2.75) is 6.92 Å². The monoisotopic (exact) mass is 333 g/mol. The average molecular weight is 335 g/mol. The van der Waals surface area contributed by atoms with Gasteiger partial charge in [-0.3, -0.25) is 9.59 Å². The summed E-state index contributed by atoms with van der Waals surface area (Å²) >= 11 is 6.57. The zero-order valence-corrected chi connectivity index (χ0v) is 11.2. The predicted molar refractivity (Wildman–Crippen MR) is 64.9 cm³/mol. The van der Waals surface area contributed by atoms with Crippen molar-refractivity contribution in [2.24, 2.45) is 0 Å². The maximum atomic E-state index is 11.6. The van der Waals surface area contributed by atoms with Crippen LogP contribution in [0.1, 0.15) is 17.3 Å². The number of benzene rings is 1. The summed E-state index contributed by atoms with van der Waals surface area (Å²) in [6.07, 6.45) is 0. The average Bonchev–Trinajstić information content (AvgIpc) is 2.14. The normalized spacial score (nSPS) is 9.80. The van der Waals surface area contributed by atoms with Gasteiger partial charge in [-0.2, -0.15) is 0 Å². The van der Waals surface area contributed by atoms with E-state index in [2.05, 4.69) is 37.2 Å². The molecule has 0 aliphatic rings. The number of carbonyl (C=O) groups excluding carboxylic acids is 2. The van der Waals surface area contributed by atoms with Gasteiger partial charge in [-0.25, -0.2) is 0 Å². The van der Waals surface area contributed by atoms with Crippen molar-refractivity contribution < 1.29 is 9.59 Å². The van der Waals surface area contributed by atoms with Gasteiger partial charge in [0.15, 0.2) is 0 Å². The minimum atomic E-state index is -0.260. The lowest BCUT2D eigenvalue weighted by Crippen LogP contribution is -2.28. The molecule has 0 bridgehead atoms. The molecule has 0 unspecified atom stereocenters. The van der Waals surface area contributed by atoms with Crippen LogP contribution in [0.5, 0.6) is 0 Å². The maximum Gasteiger partial charge on any atom is 0.252 e. The number of nitrogens with one attached hydrogen (secondary N) is 1. The summed E-state index contributed by atoms with van der Waals surface area (Å²) < 4.78 is 1.58. The first-order valence-corrected chi connectivity index (χ1v) is 5.82. The van der Waals surface area contributed by atoms with Crippen LogP contribution in [0.25, 0.3) is 0 Å². The van der Waals surface area contributed by atoms with E-state index in [0.29, 0.717) is 10.0 Å². The van der Waals surface area contributed by atoms with Gasteiger partial charge in [0.25, 0.3) is 5.91 Å². The third-order valence-electron chi connectivity index (χ3n) is 1.67. The van der Waals surface area contributed by atoms with Gasteiger partial charge in [0.1, 0.15) is 5.78 Å². The molecule has 0 atom stereocenters. The standard InChI is InChI=1S/C10H9Br2NO2/c1-6(14)5-13-10(15)8-3-2-7(11)4-9(8)12/h2-4H,5H2,1H3,(H,13,15). The van der Waals surface area contributed by atoms with Gasteiger partial charge in [0, 0.05) is 8.95 Å². The Morgan fingerprint density at radius 2 is 2.00 bits per heavy atom. The van der Waals surface area contributed by atoms with E-state index >= 15 is 0 Å². The quantitative estimate of drug-likeness (QED) is 0.923. The molecule has 1 aromatic carbocycles. The molecule has 3 nitrogen and oxygen atoms in total. The van der Waals surface area contributed by atoms with Crippen LogP contribution in [0.2, 0.25) is 0 Å². The van der Waals surface area contributed by atoms with Crippen LogP contribution >= 0.6 is 31.9 Å². The number of ketones is 1. The van der Waals surface area contributed by atoms with E-state index in [0.717, 1.165) is 4.47 Å². The molecule has 15 heavy (non-hydrogen) atoms. The zero-order chi connectivity index (χ0) is 11.4. The molecule has 1 rings (SSSR count). The second-order valence-electron chi connectivity index (χ2n) is 3.01. The van der Waals surface area contributed by atoms with Gasteiger partial charge in [-0.1, -0.05) is 15.9 Å². The fourth-order valence-corrected chi connectivity index (χ4v) is 2.20. The van der Waals surface area contributed by atoms with E-state index in [4.69, 9.17) is 0 Å². The Morgan fingerprint density at radius 3 is 2.53 bits per heavy atom. The molecular formula is C10H9Br2NO2. The molecule has 0 saturated heterocycles. The maximum absolute atomic E-state index is 11.6. The van der Waals surface area contributed by atoms with Crippen LogP contribution < -0.4 is 5.32 Å². The fourth-order valence-electron chi connectivity index (χ4n) is 0.974. The third kappa shape index (κ3) is 3.76. The summed E-state index contributed by atoms with van der Waals surface area (Å²) in [6.45, 7) is 1.48. The number of hydrogen-bond acceptors (Lipinski definition) is 2. The largest absolute Gasteiger partial charge is 0.345 e. The van der Waals surface area contributed by atoms with Gasteiger partial charge < -0.3 is 5.32 Å². The second-order valence-corrected chi connectivity index (χ2v) is 4.78. The van der Waals surface area contributed by atoms with E-state index in [1.807, 2.05) is 0 Å². The Kier molecular flexibility index (Phi) is 4.47. The number of hydrogen-bond donors (Lipinski definition) is 1. The Morgan fingerprint density at radius 1 is 1.33 bits per heavy atom. The van der Waals surface area contributed by atoms with Crippen molar-refractivity contribution in [1.29, 1.82) is 0 Å². The summed E-state index contributed by atoms with van der Waals surface area (Å²) in [7, 11) is 0. The topological polar surface area (TPSA) is 46.2 Å². The van der Waals surface area contributed by atoms with Gasteiger partial charge in [-0.05, 0) is 41.1 Å². The summed E-state index contributed by atoms with van der Waals surface area (Å²) in [5, 5.41) is 2.52. The number of Topliss-reactive ketones (excluding diaryl/α,β-unsaturated/α-hetero) is 1. The molecule has 0 aliphatic heterocycles. The lowest BCUT2D eigenvalue weighted by atomic mass is 10.2. The molecule has 0 aliphatic carbocycles. The van der Waals surface area contributed by atoms with Gasteiger partial charge >= 0.3 is 0 Å². The highest BCUT2D eigenvalue weighted by molar-refractivity contribution is 9.11. The third-order valence-corrected chi connectivity index (χ3v) is 2.82. The highest BCUT2D eigenvalue weighted by atomic mass is 79.9. The first-order valence-electron chi connectivity index (χ1n) is 4.23. The molecule has 1 aromatic rings. The van der Waals surface area contributed by atoms with Crippen molar-refractivity contribution in [3.8, 4) is 0 Å². The van der Waals surface area contributed by atoms with Crippen molar-refractivity contribution in [3.05, 3.63) is 32.7 Å². The van der Waals surface area contributed by atoms with Crippen molar-refractivity contribution in [3.63, 3.8) is 0 Å². The molecule has 80 valence electrons. The predicted octanol–water partition coefficient (Wildman–Crippen LogP) is 2.53. The smallest absolute Gasteiger partial charge is 0.252 e. The molecule has 0 saturated carbocycles. The number of carbonyl (C=O) groups is 2. The van der Waals surface area contributed by atoms with E-state index in [-0.39, 0.29) is 18.2 Å². The Hall–Kier alpha value is -0.680. The van der Waals surface area contributed by atoms with Crippen LogP contribution in [-0.2, 0) is 4.79 Å². The molecular weight excluding hydrogens is 326 g/mol. The van der Waals surface area contributed by atoms with Crippen molar-refractivity contribution in [2.75, 3.05) is 6.54 Å². The van der Waals surface area contributed by atoms with E-state index in [1.165, 1.54) is 6.92 Å². The highest BCUT2D eigenvalue weighted by Gasteiger charge is 2.09. The SMILES string of the molecule is CC(=O)CNC(=O)c1ccc(Br)cc1Br. The van der Waals surface area contributed by atoms with Crippen LogP contribution in [0.15, 0.2) is 27.1 Å². The Balaban J connectivity index is 2.78. The molecule has 1 amide bonds. The molecule has 5 heteroatoms. The van der Waals surface area contributed by atoms with Crippen LogP contribution in [0.3, 0.4) is 0 Å². The van der Waals surface area contributed by atoms with Crippen LogP contribution in [0.4, 0.5) is 0 Å². The van der Waals surface area contributed by atoms with Crippen molar-refractivity contribution in [1.82, 2.24) is 5.32 Å². The van der Waals surface area contributed by atoms with Gasteiger partial charge in [0.05, 0.1) is 12.1 Å². The molecule has 0 spiro atoms. The van der Waals surface area contributed by atoms with Crippen LogP contribution in [-0.4, -0.2) is 18.2 Å². The molecule has 0 fully saturated rings. The minimum Gasteiger partial charge on any atom is -0.345 e. The number of rotatable bonds is 3. The van der Waals surface area contributed by atoms with Gasteiger partial charge in [0.2, 0.25) is 0 Å². The zero-order valence-electron chi connectivity index (χ0n) is 8.01. The first kappa shape index (κ1) is 12.4. The lowest BCUT2D eigenvalue weighted by Gasteiger charge is -2.05. The highest BCUT2D eigenvalue weighted by Crippen LogP contribution is 2.21. The molecule has 0 heterocycles. The molecule has 1 N–H and O–H groups in total. The van der Waals surface area contributed by atoms with Crippen LogP contribution in [0, 0.1) is 0 Å². The summed E-state index contributed by atoms with van der Waals surface area (Å²) in [5.41, 5.74) is 0.513. The van der Waals surface area contributed by atoms with Crippen molar-refractivity contribution >= 4 is 43.6 Å². The van der Waals surface area contributed by atoms with E-state index in [1.54, 1.807) is 18.2 Å². The van der Waals surface area contributed by atoms with E-state index < -0.39 is 0 Å². The van der Waals surface area contributed by atoms with Gasteiger partial charge in [-0.15, -0.1) is 0 Å². The fraction of sp³-hybridized carbons (Fsp3) is 0.200. The lowest BCUT2D eigenvalue weighted by molar-refractivity contribution is -0.116. The Bertz CT molecular complexity index is 404. The molecule has 0 aromatic heterocycles. The summed E-state index contributed by atoms with van der Waals surface area (Å²) in [5.74, 6) is -0.332. The minimum absolute atomic E-state index is 0.0569. The second kappa shape index (κ2) is 5.42.